The van der Waals surface area contributed by atoms with Crippen molar-refractivity contribution >= 4 is 57.1 Å². The Morgan fingerprint density at radius 1 is 0.897 bits per heavy atom. The number of likely N-dealkylation sites (tertiary alicyclic amines) is 2. The number of rotatable bonds is 11. The zero-order valence-electron chi connectivity index (χ0n) is 32.8. The van der Waals surface area contributed by atoms with Gasteiger partial charge in [-0.05, 0) is 75.0 Å². The minimum atomic E-state index is -1.23. The summed E-state index contributed by atoms with van der Waals surface area (Å²) in [6.07, 6.45) is 3.16. The first kappa shape index (κ1) is 40.1. The van der Waals surface area contributed by atoms with Crippen LogP contribution in [0.25, 0.3) is 32.0 Å². The number of likely N-dealkylation sites (N-methyl/N-ethyl adjacent to an activating group) is 1. The molecular formula is C42H47N9O6S. The van der Waals surface area contributed by atoms with Crippen molar-refractivity contribution in [3.05, 3.63) is 90.4 Å². The number of benzene rings is 3. The molecular weight excluding hydrogens is 759 g/mol. The average Bonchev–Trinajstić information content (AvgIpc) is 4.03. The van der Waals surface area contributed by atoms with E-state index in [0.717, 1.165) is 50.5 Å². The normalized spacial score (nSPS) is 17.8. The fourth-order valence-electron chi connectivity index (χ4n) is 7.83. The molecule has 0 spiro atoms. The van der Waals surface area contributed by atoms with Crippen LogP contribution < -0.4 is 16.0 Å². The van der Waals surface area contributed by atoms with Crippen LogP contribution in [0.2, 0.25) is 0 Å². The van der Waals surface area contributed by atoms with E-state index in [1.165, 1.54) is 11.3 Å². The van der Waals surface area contributed by atoms with Crippen molar-refractivity contribution in [2.45, 2.75) is 63.7 Å². The third kappa shape index (κ3) is 8.57. The van der Waals surface area contributed by atoms with Crippen LogP contribution in [0.1, 0.15) is 63.0 Å². The van der Waals surface area contributed by atoms with Crippen LogP contribution in [-0.4, -0.2) is 104 Å². The minimum absolute atomic E-state index is 0.179. The van der Waals surface area contributed by atoms with Crippen LogP contribution in [-0.2, 0) is 14.4 Å². The highest BCUT2D eigenvalue weighted by Gasteiger charge is 2.39. The molecule has 7 rings (SSSR count). The maximum absolute atomic E-state index is 13.7. The monoisotopic (exact) mass is 805 g/mol. The Hall–Kier alpha value is -6.13. The van der Waals surface area contributed by atoms with Crippen LogP contribution in [0.4, 0.5) is 15.3 Å². The molecule has 0 bridgehead atoms. The first-order valence-corrected chi connectivity index (χ1v) is 20.2. The van der Waals surface area contributed by atoms with Gasteiger partial charge < -0.3 is 30.5 Å². The first-order chi connectivity index (χ1) is 27.9. The number of H-pyrrole nitrogens is 1. The molecule has 2 aromatic heterocycles. The highest BCUT2D eigenvalue weighted by molar-refractivity contribution is 7.21. The van der Waals surface area contributed by atoms with Crippen molar-refractivity contribution in [3.63, 3.8) is 0 Å². The summed E-state index contributed by atoms with van der Waals surface area (Å²) in [5, 5.41) is 17.6. The number of thiazole rings is 1. The Bertz CT molecular complexity index is 2310. The Morgan fingerprint density at radius 2 is 1.60 bits per heavy atom. The van der Waals surface area contributed by atoms with Crippen molar-refractivity contribution in [1.29, 1.82) is 0 Å². The molecule has 4 heterocycles. The standard InChI is InChI=1S/C42H47N9O6S/c1-24(2)34(47-42(56)57)39(53)50-20-8-12-31(50)36-43-23-30(45-36)25-14-16-27(17-15-25)38-46-29-19-18-28(22-33(29)58-38)44-41(55)48-37(52)32-13-9-21-51(32)40(54)35(49(3)4)26-10-6-5-7-11-26/h5-7,10-11,14-19,22-24,31-32,34-35,47H,8-9,12-13,20-21H2,1-4H3,(H,43,45)(H,56,57)(H2,44,48,52,55)/t31-,32-,34-,35+/m0/s1. The molecule has 3 aromatic carbocycles. The van der Waals surface area contributed by atoms with Crippen LogP contribution in [0.15, 0.2) is 79.0 Å². The molecule has 2 aliphatic heterocycles. The molecule has 5 N–H and O–H groups in total. The molecule has 0 aliphatic carbocycles. The van der Waals surface area contributed by atoms with Gasteiger partial charge in [-0.15, -0.1) is 11.3 Å². The van der Waals surface area contributed by atoms with Gasteiger partial charge in [0.05, 0.1) is 28.1 Å². The molecule has 4 atom stereocenters. The molecule has 5 aromatic rings. The highest BCUT2D eigenvalue weighted by Crippen LogP contribution is 2.35. The number of urea groups is 1. The summed E-state index contributed by atoms with van der Waals surface area (Å²) in [5.41, 5.74) is 4.68. The summed E-state index contributed by atoms with van der Waals surface area (Å²) in [6, 6.07) is 19.6. The molecule has 0 saturated carbocycles. The number of imide groups is 1. The van der Waals surface area contributed by atoms with Gasteiger partial charge in [0.1, 0.15) is 29.0 Å². The summed E-state index contributed by atoms with van der Waals surface area (Å²) in [4.78, 5) is 82.7. The Balaban J connectivity index is 0.976. The number of hydrogen-bond donors (Lipinski definition) is 5. The predicted molar refractivity (Wildman–Crippen MR) is 221 cm³/mol. The second-order valence-electron chi connectivity index (χ2n) is 15.2. The molecule has 0 radical (unpaired) electrons. The number of carboxylic acid groups (broad SMARTS) is 1. The SMILES string of the molecule is CC(C)[C@H](NC(=O)O)C(=O)N1CCC[C@H]1c1ncc(-c2ccc(-c3nc4ccc(NC(=O)NC(=O)[C@@H]5CCCN5C(=O)[C@@H](c5ccccc5)N(C)C)cc4s3)cc2)[nH]1. The summed E-state index contributed by atoms with van der Waals surface area (Å²) in [6.45, 7) is 4.60. The van der Waals surface area contributed by atoms with Crippen molar-refractivity contribution in [2.75, 3.05) is 32.5 Å². The number of amides is 6. The highest BCUT2D eigenvalue weighted by atomic mass is 32.1. The minimum Gasteiger partial charge on any atom is -0.465 e. The van der Waals surface area contributed by atoms with Gasteiger partial charge in [-0.25, -0.2) is 19.6 Å². The van der Waals surface area contributed by atoms with Crippen LogP contribution in [0.5, 0.6) is 0 Å². The fraction of sp³-hybridized carbons (Fsp3) is 0.357. The number of aromatic amines is 1. The third-order valence-corrected chi connectivity index (χ3v) is 11.8. The number of fused-ring (bicyclic) bond motifs is 1. The fourth-order valence-corrected chi connectivity index (χ4v) is 8.84. The van der Waals surface area contributed by atoms with Crippen molar-refractivity contribution in [2.24, 2.45) is 5.92 Å². The van der Waals surface area contributed by atoms with E-state index in [1.54, 1.807) is 22.1 Å². The van der Waals surface area contributed by atoms with E-state index in [-0.39, 0.29) is 23.8 Å². The van der Waals surface area contributed by atoms with Crippen LogP contribution in [0.3, 0.4) is 0 Å². The zero-order chi connectivity index (χ0) is 41.1. The van der Waals surface area contributed by atoms with Gasteiger partial charge in [-0.3, -0.25) is 24.6 Å². The van der Waals surface area contributed by atoms with Crippen LogP contribution in [0, 0.1) is 5.92 Å². The summed E-state index contributed by atoms with van der Waals surface area (Å²) in [5.74, 6) is -0.502. The van der Waals surface area contributed by atoms with Gasteiger partial charge in [0.25, 0.3) is 5.91 Å². The van der Waals surface area contributed by atoms with Gasteiger partial charge >= 0.3 is 12.1 Å². The van der Waals surface area contributed by atoms with E-state index in [1.807, 2.05) is 99.6 Å². The van der Waals surface area contributed by atoms with Crippen LogP contribution >= 0.6 is 11.3 Å². The third-order valence-electron chi connectivity index (χ3n) is 10.7. The van der Waals surface area contributed by atoms with E-state index >= 15 is 0 Å². The van der Waals surface area contributed by atoms with Crippen molar-refractivity contribution in [1.82, 2.24) is 40.3 Å². The number of nitrogens with zero attached hydrogens (tertiary/aromatic N) is 5. The van der Waals surface area contributed by atoms with E-state index in [0.29, 0.717) is 37.4 Å². The lowest BCUT2D eigenvalue weighted by Crippen LogP contribution is -2.51. The second kappa shape index (κ2) is 17.2. The smallest absolute Gasteiger partial charge is 0.405 e. The van der Waals surface area contributed by atoms with Gasteiger partial charge in [-0.2, -0.15) is 0 Å². The summed E-state index contributed by atoms with van der Waals surface area (Å²) < 4.78 is 0.846. The van der Waals surface area contributed by atoms with E-state index in [2.05, 4.69) is 25.9 Å². The van der Waals surface area contributed by atoms with Crippen molar-refractivity contribution < 1.29 is 29.1 Å². The van der Waals surface area contributed by atoms with E-state index in [9.17, 15) is 29.1 Å². The lowest BCUT2D eigenvalue weighted by molar-refractivity contribution is -0.142. The average molecular weight is 806 g/mol. The molecule has 2 aliphatic rings. The molecule has 2 fully saturated rings. The number of carbonyl (C=O) groups is 5. The molecule has 302 valence electrons. The molecule has 15 nitrogen and oxygen atoms in total. The number of carbonyl (C=O) groups excluding carboxylic acids is 4. The van der Waals surface area contributed by atoms with Crippen molar-refractivity contribution in [3.8, 4) is 21.8 Å². The number of nitrogens with one attached hydrogen (secondary N) is 4. The largest absolute Gasteiger partial charge is 0.465 e. The summed E-state index contributed by atoms with van der Waals surface area (Å²) in [7, 11) is 3.66. The summed E-state index contributed by atoms with van der Waals surface area (Å²) >= 11 is 1.47. The second-order valence-corrected chi connectivity index (χ2v) is 16.3. The zero-order valence-corrected chi connectivity index (χ0v) is 33.6. The van der Waals surface area contributed by atoms with Gasteiger partial charge in [-0.1, -0.05) is 68.4 Å². The van der Waals surface area contributed by atoms with E-state index in [4.69, 9.17) is 4.98 Å². The van der Waals surface area contributed by atoms with Gasteiger partial charge in [0.2, 0.25) is 11.8 Å². The molecule has 0 unspecified atom stereocenters. The molecule has 6 amide bonds. The first-order valence-electron chi connectivity index (χ1n) is 19.4. The maximum Gasteiger partial charge on any atom is 0.405 e. The number of hydrogen-bond acceptors (Lipinski definition) is 9. The van der Waals surface area contributed by atoms with E-state index < -0.39 is 36.2 Å². The lowest BCUT2D eigenvalue weighted by atomic mass is 10.0. The lowest BCUT2D eigenvalue weighted by Gasteiger charge is -2.31. The topological polar surface area (TPSA) is 193 Å². The quantitative estimate of drug-likeness (QED) is 0.103. The van der Waals surface area contributed by atoms with Gasteiger partial charge in [0, 0.05) is 24.3 Å². The maximum atomic E-state index is 13.7. The molecule has 16 heteroatoms. The molecule has 2 saturated heterocycles. The number of aromatic nitrogens is 3. The number of anilines is 1. The number of imidazole rings is 1. The Morgan fingerprint density at radius 3 is 2.31 bits per heavy atom. The predicted octanol–water partition coefficient (Wildman–Crippen LogP) is 6.25. The van der Waals surface area contributed by atoms with Gasteiger partial charge in [0.15, 0.2) is 0 Å². The Labute approximate surface area is 339 Å². The Kier molecular flexibility index (Phi) is 11.9. The molecule has 58 heavy (non-hydrogen) atoms.